The average molecular weight is 599 g/mol. The van der Waals surface area contributed by atoms with Crippen LogP contribution < -0.4 is 18.7 Å². The Morgan fingerprint density at radius 3 is 2.81 bits per heavy atom. The van der Waals surface area contributed by atoms with E-state index in [-0.39, 0.29) is 30.6 Å². The minimum atomic E-state index is -4.29. The van der Waals surface area contributed by atoms with E-state index in [0.717, 1.165) is 4.31 Å². The SMILES string of the molecule is CN(c1ccccn1)S(=O)(=O)NC(=O)c1cnc2ccc(N3C[C@@H](F)C[C@@H]3c3cc(F)ccc3O[C@@H]3CCOC3)cn12. The molecule has 4 aromatic rings. The molecule has 5 heterocycles. The minimum absolute atomic E-state index is 0.0259. The van der Waals surface area contributed by atoms with Gasteiger partial charge in [0.05, 0.1) is 31.1 Å². The minimum Gasteiger partial charge on any atom is -0.488 e. The van der Waals surface area contributed by atoms with Crippen molar-refractivity contribution < 1.29 is 31.5 Å². The van der Waals surface area contributed by atoms with Crippen molar-refractivity contribution in [3.63, 3.8) is 0 Å². The van der Waals surface area contributed by atoms with Crippen LogP contribution in [0.15, 0.2) is 67.1 Å². The zero-order valence-corrected chi connectivity index (χ0v) is 23.4. The number of aromatic nitrogens is 3. The van der Waals surface area contributed by atoms with Gasteiger partial charge < -0.3 is 14.4 Å². The van der Waals surface area contributed by atoms with Gasteiger partial charge in [-0.15, -0.1) is 0 Å². The van der Waals surface area contributed by atoms with Gasteiger partial charge in [0.2, 0.25) is 0 Å². The summed E-state index contributed by atoms with van der Waals surface area (Å²) in [5, 5.41) is 0. The summed E-state index contributed by atoms with van der Waals surface area (Å²) in [6.45, 7) is 1.02. The number of carbonyl (C=O) groups excluding carboxylic acids is 1. The summed E-state index contributed by atoms with van der Waals surface area (Å²) >= 11 is 0. The fourth-order valence-corrected chi connectivity index (χ4v) is 6.08. The molecule has 1 amide bonds. The highest BCUT2D eigenvalue weighted by atomic mass is 32.2. The summed E-state index contributed by atoms with van der Waals surface area (Å²) < 4.78 is 71.0. The molecule has 0 aliphatic carbocycles. The Kier molecular flexibility index (Phi) is 7.41. The number of amides is 1. The molecular formula is C28H28F2N6O5S. The van der Waals surface area contributed by atoms with Crippen molar-refractivity contribution in [2.45, 2.75) is 31.2 Å². The zero-order valence-electron chi connectivity index (χ0n) is 22.6. The van der Waals surface area contributed by atoms with E-state index in [1.807, 2.05) is 4.72 Å². The highest BCUT2D eigenvalue weighted by molar-refractivity contribution is 7.91. The highest BCUT2D eigenvalue weighted by Gasteiger charge is 2.36. The molecule has 3 atom stereocenters. The van der Waals surface area contributed by atoms with E-state index in [1.165, 1.54) is 42.0 Å². The standard InChI is InChI=1S/C28H28F2N6O5S/c1-34(26-4-2-3-10-31-26)42(38,39)33-28(37)24-14-32-27-8-6-20(16-36(24)27)35-15-19(30)13-23(35)22-12-18(29)5-7-25(22)41-21-9-11-40-17-21/h2-8,10,12,14,16,19,21,23H,9,11,13,15,17H2,1H3,(H,33,37)/t19-,21+,23+/m0/s1. The van der Waals surface area contributed by atoms with Gasteiger partial charge in [0, 0.05) is 44.4 Å². The normalized spacial score (nSPS) is 20.6. The van der Waals surface area contributed by atoms with Gasteiger partial charge in [0.15, 0.2) is 0 Å². The Bertz CT molecular complexity index is 1710. The van der Waals surface area contributed by atoms with E-state index in [2.05, 4.69) is 9.97 Å². The molecule has 2 aliphatic rings. The lowest BCUT2D eigenvalue weighted by molar-refractivity contribution is 0.0975. The second kappa shape index (κ2) is 11.2. The van der Waals surface area contributed by atoms with Crippen molar-refractivity contribution in [3.05, 3.63) is 84.2 Å². The Hall–Kier alpha value is -4.30. The van der Waals surface area contributed by atoms with Crippen molar-refractivity contribution in [2.75, 3.05) is 36.0 Å². The predicted octanol–water partition coefficient (Wildman–Crippen LogP) is 3.44. The van der Waals surface area contributed by atoms with Crippen LogP contribution in [-0.2, 0) is 14.9 Å². The fraction of sp³-hybridized carbons (Fsp3) is 0.321. The molecular weight excluding hydrogens is 570 g/mol. The molecule has 220 valence electrons. The number of halogens is 2. The fourth-order valence-electron chi connectivity index (χ4n) is 5.25. The predicted molar refractivity (Wildman–Crippen MR) is 150 cm³/mol. The topological polar surface area (TPSA) is 118 Å². The molecule has 42 heavy (non-hydrogen) atoms. The third-order valence-corrected chi connectivity index (χ3v) is 8.72. The number of ether oxygens (including phenoxy) is 2. The molecule has 0 spiro atoms. The van der Waals surface area contributed by atoms with Gasteiger partial charge in [-0.25, -0.2) is 27.8 Å². The lowest BCUT2D eigenvalue weighted by Gasteiger charge is -2.29. The molecule has 1 aromatic carbocycles. The molecule has 0 radical (unpaired) electrons. The van der Waals surface area contributed by atoms with Gasteiger partial charge in [-0.2, -0.15) is 8.42 Å². The number of nitrogens with one attached hydrogen (secondary N) is 1. The van der Waals surface area contributed by atoms with Crippen LogP contribution in [0.4, 0.5) is 20.3 Å². The number of benzene rings is 1. The van der Waals surface area contributed by atoms with Gasteiger partial charge in [0.1, 0.15) is 41.0 Å². The summed E-state index contributed by atoms with van der Waals surface area (Å²) in [5.41, 5.74) is 1.37. The summed E-state index contributed by atoms with van der Waals surface area (Å²) in [6.07, 6.45) is 3.70. The Labute approximate surface area is 240 Å². The first-order valence-corrected chi connectivity index (χ1v) is 14.8. The van der Waals surface area contributed by atoms with Crippen molar-refractivity contribution in [1.29, 1.82) is 0 Å². The smallest absolute Gasteiger partial charge is 0.327 e. The lowest BCUT2D eigenvalue weighted by atomic mass is 10.0. The second-order valence-electron chi connectivity index (χ2n) is 10.1. The highest BCUT2D eigenvalue weighted by Crippen LogP contribution is 2.42. The Balaban J connectivity index is 1.30. The van der Waals surface area contributed by atoms with Crippen LogP contribution in [0.25, 0.3) is 5.65 Å². The molecule has 0 bridgehead atoms. The number of carbonyl (C=O) groups is 1. The average Bonchev–Trinajstić information content (AvgIpc) is 3.73. The number of alkyl halides is 1. The van der Waals surface area contributed by atoms with Gasteiger partial charge in [-0.05, 0) is 42.5 Å². The number of fused-ring (bicyclic) bond motifs is 1. The van der Waals surface area contributed by atoms with Crippen LogP contribution in [-0.4, -0.2) is 67.8 Å². The van der Waals surface area contributed by atoms with Crippen LogP contribution in [0.5, 0.6) is 5.75 Å². The molecule has 0 saturated carbocycles. The first-order chi connectivity index (χ1) is 20.2. The Morgan fingerprint density at radius 1 is 1.19 bits per heavy atom. The summed E-state index contributed by atoms with van der Waals surface area (Å²) in [5.74, 6) is -0.797. The molecule has 2 saturated heterocycles. The maximum Gasteiger partial charge on any atom is 0.327 e. The van der Waals surface area contributed by atoms with Crippen molar-refractivity contribution in [2.24, 2.45) is 0 Å². The van der Waals surface area contributed by atoms with Gasteiger partial charge in [0.25, 0.3) is 5.91 Å². The second-order valence-corrected chi connectivity index (χ2v) is 11.8. The van der Waals surface area contributed by atoms with Crippen LogP contribution in [0.2, 0.25) is 0 Å². The largest absolute Gasteiger partial charge is 0.488 e. The lowest BCUT2D eigenvalue weighted by Crippen LogP contribution is -2.42. The first kappa shape index (κ1) is 27.8. The van der Waals surface area contributed by atoms with Crippen molar-refractivity contribution in [3.8, 4) is 5.75 Å². The summed E-state index contributed by atoms with van der Waals surface area (Å²) in [4.78, 5) is 23.2. The zero-order chi connectivity index (χ0) is 29.4. The van der Waals surface area contributed by atoms with Gasteiger partial charge >= 0.3 is 10.2 Å². The number of imidazole rings is 1. The van der Waals surface area contributed by atoms with Crippen LogP contribution in [0.1, 0.15) is 34.9 Å². The van der Waals surface area contributed by atoms with Crippen LogP contribution in [0.3, 0.4) is 0 Å². The van der Waals surface area contributed by atoms with E-state index in [4.69, 9.17) is 9.47 Å². The molecule has 2 aliphatic heterocycles. The van der Waals surface area contributed by atoms with E-state index >= 15 is 0 Å². The molecule has 6 rings (SSSR count). The van der Waals surface area contributed by atoms with Crippen molar-refractivity contribution in [1.82, 2.24) is 19.1 Å². The number of hydrogen-bond donors (Lipinski definition) is 1. The molecule has 3 aromatic heterocycles. The Morgan fingerprint density at radius 2 is 2.05 bits per heavy atom. The molecule has 1 N–H and O–H groups in total. The number of anilines is 2. The quantitative estimate of drug-likeness (QED) is 0.328. The van der Waals surface area contributed by atoms with Gasteiger partial charge in [-0.1, -0.05) is 6.07 Å². The van der Waals surface area contributed by atoms with E-state index in [0.29, 0.717) is 42.3 Å². The number of rotatable bonds is 8. The third kappa shape index (κ3) is 5.46. The summed E-state index contributed by atoms with van der Waals surface area (Å²) in [6, 6.07) is 11.8. The number of nitrogens with zero attached hydrogens (tertiary/aromatic N) is 5. The number of hydrogen-bond acceptors (Lipinski definition) is 8. The van der Waals surface area contributed by atoms with E-state index in [1.54, 1.807) is 41.4 Å². The van der Waals surface area contributed by atoms with Crippen molar-refractivity contribution >= 4 is 33.3 Å². The van der Waals surface area contributed by atoms with Crippen LogP contribution >= 0.6 is 0 Å². The van der Waals surface area contributed by atoms with E-state index < -0.39 is 34.1 Å². The first-order valence-electron chi connectivity index (χ1n) is 13.3. The molecule has 11 nitrogen and oxygen atoms in total. The third-order valence-electron chi connectivity index (χ3n) is 7.37. The van der Waals surface area contributed by atoms with Gasteiger partial charge in [-0.3, -0.25) is 9.20 Å². The molecule has 2 fully saturated rings. The van der Waals surface area contributed by atoms with Crippen LogP contribution in [0, 0.1) is 5.82 Å². The maximum absolute atomic E-state index is 14.9. The molecule has 0 unspecified atom stereocenters. The number of pyridine rings is 2. The summed E-state index contributed by atoms with van der Waals surface area (Å²) in [7, 11) is -3.02. The molecule has 14 heteroatoms. The van der Waals surface area contributed by atoms with E-state index in [9.17, 15) is 22.0 Å². The maximum atomic E-state index is 14.9. The monoisotopic (exact) mass is 598 g/mol.